The lowest BCUT2D eigenvalue weighted by molar-refractivity contribution is -0.707. The molecule has 0 saturated carbocycles. The summed E-state index contributed by atoms with van der Waals surface area (Å²) in [5.41, 5.74) is -0.681. The maximum Gasteiger partial charge on any atom is 0.511 e. The number of ether oxygens (including phenoxy) is 2. The van der Waals surface area contributed by atoms with E-state index in [2.05, 4.69) is 10.1 Å². The van der Waals surface area contributed by atoms with E-state index in [1.807, 2.05) is 0 Å². The normalized spacial score (nSPS) is 13.7. The van der Waals surface area contributed by atoms with Gasteiger partial charge in [-0.15, -0.1) is 5.01 Å². The molecule has 112 valence electrons. The molecule has 19 heavy (non-hydrogen) atoms. The second-order valence-corrected chi connectivity index (χ2v) is 4.69. The van der Waals surface area contributed by atoms with Crippen molar-refractivity contribution in [2.24, 2.45) is 5.28 Å². The smallest absolute Gasteiger partial charge is 0.511 e. The minimum absolute atomic E-state index is 0.0949. The van der Waals surface area contributed by atoms with Crippen LogP contribution in [0.1, 0.15) is 27.7 Å². The molecular formula is C10H21N3O6. The van der Waals surface area contributed by atoms with Gasteiger partial charge in [-0.05, 0) is 20.8 Å². The molecule has 1 N–H and O–H groups in total. The Balaban J connectivity index is 4.14. The van der Waals surface area contributed by atoms with Gasteiger partial charge >= 0.3 is 6.16 Å². The second-order valence-electron chi connectivity index (χ2n) is 4.69. The van der Waals surface area contributed by atoms with Gasteiger partial charge in [-0.3, -0.25) is 4.84 Å². The SMILES string of the molecule is CC(ON=[N+]([O-])N(C)CCO)OC(=O)OC(C)(C)C. The molecule has 0 saturated heterocycles. The highest BCUT2D eigenvalue weighted by Crippen LogP contribution is 2.09. The lowest BCUT2D eigenvalue weighted by Crippen LogP contribution is -2.30. The molecule has 1 atom stereocenters. The Kier molecular flexibility index (Phi) is 6.91. The first kappa shape index (κ1) is 17.2. The molecule has 0 aliphatic heterocycles. The molecule has 0 fully saturated rings. The van der Waals surface area contributed by atoms with E-state index in [4.69, 9.17) is 14.6 Å². The number of hydrazine groups is 1. The average molecular weight is 279 g/mol. The zero-order valence-corrected chi connectivity index (χ0v) is 11.8. The van der Waals surface area contributed by atoms with Crippen LogP contribution in [-0.4, -0.2) is 53.3 Å². The quantitative estimate of drug-likeness (QED) is 0.254. The van der Waals surface area contributed by atoms with Crippen LogP contribution in [0.4, 0.5) is 4.79 Å². The summed E-state index contributed by atoms with van der Waals surface area (Å²) in [7, 11) is 1.41. The van der Waals surface area contributed by atoms with Gasteiger partial charge in [0.2, 0.25) is 5.28 Å². The minimum atomic E-state index is -1.08. The number of likely N-dealkylation sites (N-methyl/N-ethyl adjacent to an activating group) is 1. The maximum absolute atomic E-state index is 11.2. The van der Waals surface area contributed by atoms with Gasteiger partial charge in [0.15, 0.2) is 0 Å². The molecule has 0 aromatic rings. The Morgan fingerprint density at radius 2 is 2.11 bits per heavy atom. The molecule has 0 aliphatic carbocycles. The summed E-state index contributed by atoms with van der Waals surface area (Å²) in [5.74, 6) is 0. The van der Waals surface area contributed by atoms with E-state index in [0.29, 0.717) is 0 Å². The fourth-order valence-corrected chi connectivity index (χ4v) is 0.830. The van der Waals surface area contributed by atoms with Gasteiger partial charge in [0.05, 0.1) is 25.2 Å². The molecule has 0 bridgehead atoms. The molecule has 0 rings (SSSR count). The summed E-state index contributed by atoms with van der Waals surface area (Å²) in [6.45, 7) is 6.34. The van der Waals surface area contributed by atoms with Crippen LogP contribution in [0.25, 0.3) is 0 Å². The van der Waals surface area contributed by atoms with Crippen LogP contribution in [0.5, 0.6) is 0 Å². The van der Waals surface area contributed by atoms with Gasteiger partial charge in [-0.25, -0.2) is 4.79 Å². The van der Waals surface area contributed by atoms with Crippen molar-refractivity contribution in [3.63, 3.8) is 0 Å². The van der Waals surface area contributed by atoms with Crippen molar-refractivity contribution in [3.05, 3.63) is 5.21 Å². The summed E-state index contributed by atoms with van der Waals surface area (Å²) < 4.78 is 9.59. The van der Waals surface area contributed by atoms with E-state index in [1.165, 1.54) is 14.0 Å². The number of carbonyl (C=O) groups excluding carboxylic acids is 1. The van der Waals surface area contributed by atoms with Gasteiger partial charge in [0, 0.05) is 6.92 Å². The zero-order valence-electron chi connectivity index (χ0n) is 11.8. The largest absolute Gasteiger partial charge is 0.569 e. The Morgan fingerprint density at radius 3 is 2.58 bits per heavy atom. The van der Waals surface area contributed by atoms with E-state index >= 15 is 0 Å². The van der Waals surface area contributed by atoms with Crippen molar-refractivity contribution in [1.82, 2.24) is 5.01 Å². The molecule has 0 aliphatic rings. The van der Waals surface area contributed by atoms with E-state index in [-0.39, 0.29) is 18.1 Å². The van der Waals surface area contributed by atoms with Gasteiger partial charge in [0.25, 0.3) is 6.29 Å². The molecule has 9 nitrogen and oxygen atoms in total. The van der Waals surface area contributed by atoms with E-state index < -0.39 is 18.0 Å². The number of aliphatic hydroxyl groups is 1. The predicted octanol–water partition coefficient (Wildman–Crippen LogP) is 1.02. The number of hydrogen-bond donors (Lipinski definition) is 1. The molecule has 0 radical (unpaired) electrons. The summed E-state index contributed by atoms with van der Waals surface area (Å²) in [4.78, 5) is 16.0. The van der Waals surface area contributed by atoms with Gasteiger partial charge in [-0.1, -0.05) is 0 Å². The molecule has 9 heteroatoms. The van der Waals surface area contributed by atoms with Crippen LogP contribution < -0.4 is 0 Å². The number of nitrogens with zero attached hydrogens (tertiary/aromatic N) is 3. The number of aliphatic hydroxyl groups excluding tert-OH is 1. The summed E-state index contributed by atoms with van der Waals surface area (Å²) in [6.07, 6.45) is -2.00. The predicted molar refractivity (Wildman–Crippen MR) is 63.6 cm³/mol. The van der Waals surface area contributed by atoms with Crippen LogP contribution in [-0.2, 0) is 14.3 Å². The lowest BCUT2D eigenvalue weighted by atomic mass is 10.2. The average Bonchev–Trinajstić information content (AvgIpc) is 2.23. The lowest BCUT2D eigenvalue weighted by Gasteiger charge is -2.19. The van der Waals surface area contributed by atoms with Crippen LogP contribution in [0.3, 0.4) is 0 Å². The third-order valence-electron chi connectivity index (χ3n) is 1.63. The van der Waals surface area contributed by atoms with E-state index in [1.54, 1.807) is 20.8 Å². The fourth-order valence-electron chi connectivity index (χ4n) is 0.830. The van der Waals surface area contributed by atoms with E-state index in [0.717, 1.165) is 5.01 Å². The highest BCUT2D eigenvalue weighted by Gasteiger charge is 2.20. The van der Waals surface area contributed by atoms with Crippen molar-refractivity contribution in [3.8, 4) is 0 Å². The fraction of sp³-hybridized carbons (Fsp3) is 0.900. The molecule has 0 spiro atoms. The van der Waals surface area contributed by atoms with Crippen LogP contribution in [0.2, 0.25) is 0 Å². The first-order valence-corrected chi connectivity index (χ1v) is 5.71. The van der Waals surface area contributed by atoms with Crippen molar-refractivity contribution >= 4 is 6.16 Å². The Labute approximate surface area is 111 Å². The van der Waals surface area contributed by atoms with Gasteiger partial charge < -0.3 is 19.8 Å². The van der Waals surface area contributed by atoms with Crippen molar-refractivity contribution in [2.45, 2.75) is 39.6 Å². The maximum atomic E-state index is 11.2. The standard InChI is InChI=1S/C10H21N3O6/c1-8(17-9(15)18-10(2,3)4)19-11-13(16)12(5)6-7-14/h8,14H,6-7H2,1-5H3. The molecule has 0 heterocycles. The molecule has 0 aromatic heterocycles. The number of hydrogen-bond acceptors (Lipinski definition) is 7. The molecule has 1 unspecified atom stereocenters. The first-order valence-electron chi connectivity index (χ1n) is 5.71. The van der Waals surface area contributed by atoms with Crippen LogP contribution in [0, 0.1) is 5.21 Å². The number of rotatable bonds is 6. The monoisotopic (exact) mass is 279 g/mol. The molecule has 0 amide bonds. The van der Waals surface area contributed by atoms with Crippen molar-refractivity contribution < 1.29 is 29.2 Å². The minimum Gasteiger partial charge on any atom is -0.569 e. The van der Waals surface area contributed by atoms with Crippen LogP contribution in [0.15, 0.2) is 5.28 Å². The third kappa shape index (κ3) is 8.89. The molecular weight excluding hydrogens is 258 g/mol. The van der Waals surface area contributed by atoms with Gasteiger partial charge in [-0.2, -0.15) is 0 Å². The van der Waals surface area contributed by atoms with Crippen molar-refractivity contribution in [1.29, 1.82) is 0 Å². The summed E-state index contributed by atoms with van der Waals surface area (Å²) in [6, 6.07) is 0. The van der Waals surface area contributed by atoms with Gasteiger partial charge in [0.1, 0.15) is 5.60 Å². The Hall–Kier alpha value is -1.77. The highest BCUT2D eigenvalue weighted by molar-refractivity contribution is 5.60. The Morgan fingerprint density at radius 1 is 1.53 bits per heavy atom. The molecule has 0 aromatic carbocycles. The number of carbonyl (C=O) groups is 1. The second kappa shape index (κ2) is 7.62. The van der Waals surface area contributed by atoms with Crippen molar-refractivity contribution in [2.75, 3.05) is 20.2 Å². The summed E-state index contributed by atoms with van der Waals surface area (Å²) >= 11 is 0. The van der Waals surface area contributed by atoms with E-state index in [9.17, 15) is 10.0 Å². The highest BCUT2D eigenvalue weighted by atomic mass is 16.8. The third-order valence-corrected chi connectivity index (χ3v) is 1.63. The topological polar surface area (TPSA) is 107 Å². The van der Waals surface area contributed by atoms with Crippen LogP contribution >= 0.6 is 0 Å². The summed E-state index contributed by atoms with van der Waals surface area (Å²) in [5, 5.41) is 24.1. The first-order chi connectivity index (χ1) is 8.65. The Bertz CT molecular complexity index is 315. The zero-order chi connectivity index (χ0) is 15.1.